The van der Waals surface area contributed by atoms with Crippen LogP contribution < -0.4 is 5.32 Å². The Morgan fingerprint density at radius 2 is 2.09 bits per heavy atom. The molecule has 0 bridgehead atoms. The van der Waals surface area contributed by atoms with E-state index in [9.17, 15) is 4.79 Å². The highest BCUT2D eigenvalue weighted by Crippen LogP contribution is 2.10. The third-order valence-electron chi connectivity index (χ3n) is 3.05. The second-order valence-electron chi connectivity index (χ2n) is 4.95. The average Bonchev–Trinajstić information content (AvgIpc) is 3.15. The molecule has 1 amide bonds. The molecule has 0 saturated carbocycles. The number of aromatic nitrogens is 4. The number of carbonyl (C=O) groups is 1. The third kappa shape index (κ3) is 3.52. The summed E-state index contributed by atoms with van der Waals surface area (Å²) in [6, 6.07) is 5.46. The van der Waals surface area contributed by atoms with Crippen LogP contribution in [0.2, 0.25) is 0 Å². The molecule has 0 spiro atoms. The molecule has 0 radical (unpaired) electrons. The summed E-state index contributed by atoms with van der Waals surface area (Å²) in [5, 5.41) is 6.99. The van der Waals surface area contributed by atoms with Crippen LogP contribution in [0, 0.1) is 13.8 Å². The van der Waals surface area contributed by atoms with E-state index >= 15 is 0 Å². The molecule has 0 aliphatic heterocycles. The van der Waals surface area contributed by atoms with E-state index in [2.05, 4.69) is 20.4 Å². The van der Waals surface area contributed by atoms with Crippen LogP contribution in [0.1, 0.15) is 17.1 Å². The quantitative estimate of drug-likeness (QED) is 0.748. The molecule has 0 saturated heterocycles. The van der Waals surface area contributed by atoms with Crippen LogP contribution in [0.15, 0.2) is 47.3 Å². The maximum atomic E-state index is 11.8. The number of furan rings is 1. The van der Waals surface area contributed by atoms with Crippen LogP contribution in [0.4, 0.5) is 5.69 Å². The number of nitrogens with one attached hydrogen (secondary N) is 1. The number of carbonyl (C=O) groups excluding carboxylic acids is 1. The van der Waals surface area contributed by atoms with Gasteiger partial charge in [-0.2, -0.15) is 5.10 Å². The first-order valence-electron chi connectivity index (χ1n) is 7.00. The fraction of sp³-hybridized carbons (Fsp3) is 0.125. The molecule has 1 N–H and O–H groups in total. The minimum atomic E-state index is -0.288. The van der Waals surface area contributed by atoms with Crippen molar-refractivity contribution >= 4 is 17.7 Å². The average molecular weight is 309 g/mol. The van der Waals surface area contributed by atoms with Crippen molar-refractivity contribution in [2.75, 3.05) is 5.32 Å². The van der Waals surface area contributed by atoms with E-state index < -0.39 is 0 Å². The lowest BCUT2D eigenvalue weighted by Crippen LogP contribution is -2.10. The van der Waals surface area contributed by atoms with Gasteiger partial charge in [0.15, 0.2) is 0 Å². The Balaban J connectivity index is 1.68. The number of rotatable bonds is 4. The maximum absolute atomic E-state index is 11.8. The maximum Gasteiger partial charge on any atom is 0.250 e. The molecule has 0 aliphatic carbocycles. The third-order valence-corrected chi connectivity index (χ3v) is 3.05. The molecule has 0 aromatic carbocycles. The molecule has 0 aliphatic rings. The van der Waals surface area contributed by atoms with Crippen molar-refractivity contribution in [2.45, 2.75) is 13.8 Å². The molecule has 3 rings (SSSR count). The predicted octanol–water partition coefficient (Wildman–Crippen LogP) is 2.52. The minimum Gasteiger partial charge on any atom is -0.465 e. The van der Waals surface area contributed by atoms with E-state index in [1.807, 2.05) is 19.9 Å². The van der Waals surface area contributed by atoms with E-state index in [-0.39, 0.29) is 5.91 Å². The number of hydrogen-bond donors (Lipinski definition) is 1. The number of amides is 1. The van der Waals surface area contributed by atoms with Crippen LogP contribution in [0.3, 0.4) is 0 Å². The van der Waals surface area contributed by atoms with Gasteiger partial charge in [-0.05, 0) is 38.1 Å². The molecule has 23 heavy (non-hydrogen) atoms. The number of aryl methyl sites for hydroxylation is 2. The zero-order chi connectivity index (χ0) is 16.2. The van der Waals surface area contributed by atoms with E-state index in [1.165, 1.54) is 18.5 Å². The van der Waals surface area contributed by atoms with Gasteiger partial charge in [0.2, 0.25) is 5.91 Å². The fourth-order valence-electron chi connectivity index (χ4n) is 2.05. The van der Waals surface area contributed by atoms with Crippen molar-refractivity contribution in [2.24, 2.45) is 0 Å². The summed E-state index contributed by atoms with van der Waals surface area (Å²) >= 11 is 0. The predicted molar refractivity (Wildman–Crippen MR) is 85.0 cm³/mol. The number of anilines is 1. The zero-order valence-electron chi connectivity index (χ0n) is 12.7. The van der Waals surface area contributed by atoms with E-state index in [1.54, 1.807) is 29.2 Å². The summed E-state index contributed by atoms with van der Waals surface area (Å²) in [7, 11) is 0. The molecule has 7 nitrogen and oxygen atoms in total. The zero-order valence-corrected chi connectivity index (χ0v) is 12.7. The summed E-state index contributed by atoms with van der Waals surface area (Å²) in [5.74, 6) is 0.778. The first kappa shape index (κ1) is 14.7. The summed E-state index contributed by atoms with van der Waals surface area (Å²) in [5.41, 5.74) is 2.34. The van der Waals surface area contributed by atoms with E-state index in [4.69, 9.17) is 4.42 Å². The lowest BCUT2D eigenvalue weighted by atomic mass is 10.4. The highest BCUT2D eigenvalue weighted by molar-refractivity contribution is 6.01. The molecule has 3 heterocycles. The molecular formula is C16H15N5O2. The van der Waals surface area contributed by atoms with Crippen molar-refractivity contribution in [3.8, 4) is 5.95 Å². The first-order chi connectivity index (χ1) is 11.1. The van der Waals surface area contributed by atoms with Gasteiger partial charge in [0, 0.05) is 11.8 Å². The molecule has 0 unspecified atom stereocenters. The van der Waals surface area contributed by atoms with Gasteiger partial charge in [-0.25, -0.2) is 14.6 Å². The molecule has 116 valence electrons. The molecular weight excluding hydrogens is 294 g/mol. The lowest BCUT2D eigenvalue weighted by molar-refractivity contribution is -0.111. The second kappa shape index (κ2) is 6.27. The Kier molecular flexibility index (Phi) is 4.01. The van der Waals surface area contributed by atoms with Crippen molar-refractivity contribution in [3.05, 3.63) is 60.1 Å². The van der Waals surface area contributed by atoms with Crippen LogP contribution in [0.25, 0.3) is 12.0 Å². The molecule has 3 aromatic rings. The highest BCUT2D eigenvalue weighted by Gasteiger charge is 2.07. The van der Waals surface area contributed by atoms with Gasteiger partial charge in [-0.15, -0.1) is 0 Å². The van der Waals surface area contributed by atoms with Crippen molar-refractivity contribution in [1.29, 1.82) is 0 Å². The Labute approximate surface area is 132 Å². The van der Waals surface area contributed by atoms with Gasteiger partial charge in [0.1, 0.15) is 5.76 Å². The van der Waals surface area contributed by atoms with Gasteiger partial charge >= 0.3 is 0 Å². The summed E-state index contributed by atoms with van der Waals surface area (Å²) < 4.78 is 6.76. The Bertz CT molecular complexity index is 832. The van der Waals surface area contributed by atoms with Gasteiger partial charge in [-0.3, -0.25) is 4.79 Å². The molecule has 7 heteroatoms. The Hall–Kier alpha value is -3.22. The lowest BCUT2D eigenvalue weighted by Gasteiger charge is -2.04. The van der Waals surface area contributed by atoms with Gasteiger partial charge in [0.05, 0.1) is 30.0 Å². The molecule has 0 atom stereocenters. The highest BCUT2D eigenvalue weighted by atomic mass is 16.3. The fourth-order valence-corrected chi connectivity index (χ4v) is 2.05. The van der Waals surface area contributed by atoms with Crippen molar-refractivity contribution in [1.82, 2.24) is 19.7 Å². The van der Waals surface area contributed by atoms with E-state index in [0.29, 0.717) is 17.4 Å². The summed E-state index contributed by atoms with van der Waals surface area (Å²) in [6.45, 7) is 3.84. The first-order valence-corrected chi connectivity index (χ1v) is 7.00. The van der Waals surface area contributed by atoms with Crippen LogP contribution in [0.5, 0.6) is 0 Å². The number of nitrogens with zero attached hydrogens (tertiary/aromatic N) is 4. The minimum absolute atomic E-state index is 0.288. The second-order valence-corrected chi connectivity index (χ2v) is 4.95. The smallest absolute Gasteiger partial charge is 0.250 e. The van der Waals surface area contributed by atoms with Crippen LogP contribution in [-0.2, 0) is 4.79 Å². The van der Waals surface area contributed by atoms with Crippen LogP contribution >= 0.6 is 0 Å². The summed E-state index contributed by atoms with van der Waals surface area (Å²) in [4.78, 5) is 20.2. The monoisotopic (exact) mass is 309 g/mol. The van der Waals surface area contributed by atoms with E-state index in [0.717, 1.165) is 11.4 Å². The largest absolute Gasteiger partial charge is 0.465 e. The SMILES string of the molecule is Cc1cc(C)n(-c2ncc(NC(=O)/C=C/c3ccco3)cn2)n1. The van der Waals surface area contributed by atoms with Crippen LogP contribution in [-0.4, -0.2) is 25.7 Å². The van der Waals surface area contributed by atoms with Gasteiger partial charge < -0.3 is 9.73 Å². The number of hydrogen-bond acceptors (Lipinski definition) is 5. The molecule has 3 aromatic heterocycles. The van der Waals surface area contributed by atoms with Gasteiger partial charge in [-0.1, -0.05) is 0 Å². The summed E-state index contributed by atoms with van der Waals surface area (Å²) in [6.07, 6.45) is 7.59. The molecule has 0 fully saturated rings. The van der Waals surface area contributed by atoms with Crippen molar-refractivity contribution in [3.63, 3.8) is 0 Å². The Morgan fingerprint density at radius 3 is 2.70 bits per heavy atom. The normalized spacial score (nSPS) is 11.0. The van der Waals surface area contributed by atoms with Crippen molar-refractivity contribution < 1.29 is 9.21 Å². The Morgan fingerprint density at radius 1 is 1.30 bits per heavy atom. The standard InChI is InChI=1S/C16H15N5O2/c1-11-8-12(2)21(20-11)16-17-9-13(10-18-16)19-15(22)6-5-14-4-3-7-23-14/h3-10H,1-2H3,(H,19,22)/b6-5+. The topological polar surface area (TPSA) is 85.8 Å². The van der Waals surface area contributed by atoms with Gasteiger partial charge in [0.25, 0.3) is 5.95 Å².